The normalized spacial score (nSPS) is 16.4. The van der Waals surface area contributed by atoms with Gasteiger partial charge in [0.1, 0.15) is 0 Å². The van der Waals surface area contributed by atoms with Crippen LogP contribution in [0.5, 0.6) is 0 Å². The average Bonchev–Trinajstić information content (AvgIpc) is 3.30. The quantitative estimate of drug-likeness (QED) is 0.441. The molecule has 1 aromatic carbocycles. The van der Waals surface area contributed by atoms with Crippen LogP contribution in [0.25, 0.3) is 0 Å². The molecule has 4 heteroatoms. The highest BCUT2D eigenvalue weighted by Gasteiger charge is 2.44. The summed E-state index contributed by atoms with van der Waals surface area (Å²) in [5.41, 5.74) is 3.10. The lowest BCUT2D eigenvalue weighted by molar-refractivity contribution is 0.152. The zero-order chi connectivity index (χ0) is 15.8. The van der Waals surface area contributed by atoms with E-state index in [0.717, 1.165) is 32.2 Å². The molecule has 0 bridgehead atoms. The van der Waals surface area contributed by atoms with E-state index >= 15 is 0 Å². The topological polar surface area (TPSA) is 45.7 Å². The molecule has 2 rings (SSSR count). The maximum Gasteiger partial charge on any atom is 0.191 e. The van der Waals surface area contributed by atoms with Crippen LogP contribution in [0.1, 0.15) is 37.8 Å². The van der Waals surface area contributed by atoms with Crippen molar-refractivity contribution in [2.45, 2.75) is 39.0 Å². The van der Waals surface area contributed by atoms with Gasteiger partial charge in [0, 0.05) is 25.1 Å². The van der Waals surface area contributed by atoms with Crippen molar-refractivity contribution in [1.29, 1.82) is 0 Å². The summed E-state index contributed by atoms with van der Waals surface area (Å²) in [5, 5.41) is 6.65. The van der Waals surface area contributed by atoms with Crippen molar-refractivity contribution >= 4 is 5.96 Å². The second-order valence-electron chi connectivity index (χ2n) is 5.91. The minimum absolute atomic E-state index is 0.258. The Balaban J connectivity index is 1.96. The van der Waals surface area contributed by atoms with Crippen LogP contribution < -0.4 is 10.6 Å². The average molecular weight is 303 g/mol. The highest BCUT2D eigenvalue weighted by molar-refractivity contribution is 5.79. The molecule has 0 aromatic heterocycles. The summed E-state index contributed by atoms with van der Waals surface area (Å²) >= 11 is 0. The minimum Gasteiger partial charge on any atom is -0.380 e. The van der Waals surface area contributed by atoms with Gasteiger partial charge in [-0.05, 0) is 44.7 Å². The van der Waals surface area contributed by atoms with Gasteiger partial charge in [0.2, 0.25) is 0 Å². The Morgan fingerprint density at radius 2 is 2.00 bits per heavy atom. The number of hydrogen-bond donors (Lipinski definition) is 2. The Morgan fingerprint density at radius 3 is 2.64 bits per heavy atom. The first-order valence-electron chi connectivity index (χ1n) is 8.38. The predicted molar refractivity (Wildman–Crippen MR) is 92.6 cm³/mol. The number of aliphatic imine (C=N–C) groups is 1. The van der Waals surface area contributed by atoms with Crippen molar-refractivity contribution in [1.82, 2.24) is 10.6 Å². The third kappa shape index (κ3) is 4.47. The molecule has 0 unspecified atom stereocenters. The van der Waals surface area contributed by atoms with Gasteiger partial charge in [-0.3, -0.25) is 4.99 Å². The fourth-order valence-corrected chi connectivity index (χ4v) is 2.79. The molecule has 2 N–H and O–H groups in total. The lowest BCUT2D eigenvalue weighted by Gasteiger charge is -2.17. The maximum atomic E-state index is 5.36. The standard InChI is InChI=1S/C18H29N3O/c1-4-19-17(20-12-13-22-5-2)21-14-18(10-11-18)16-9-7-6-8-15(16)3/h6-9H,4-5,10-14H2,1-3H3,(H2,19,20,21). The number of benzene rings is 1. The van der Waals surface area contributed by atoms with E-state index in [9.17, 15) is 0 Å². The fourth-order valence-electron chi connectivity index (χ4n) is 2.79. The van der Waals surface area contributed by atoms with Crippen molar-refractivity contribution in [2.75, 3.05) is 32.8 Å². The van der Waals surface area contributed by atoms with Gasteiger partial charge in [0.25, 0.3) is 0 Å². The van der Waals surface area contributed by atoms with Crippen LogP contribution >= 0.6 is 0 Å². The summed E-state index contributed by atoms with van der Waals surface area (Å²) in [5.74, 6) is 0.891. The van der Waals surface area contributed by atoms with Crippen molar-refractivity contribution in [3.05, 3.63) is 35.4 Å². The molecule has 0 spiro atoms. The van der Waals surface area contributed by atoms with E-state index in [1.54, 1.807) is 0 Å². The molecule has 1 aliphatic carbocycles. The number of hydrogen-bond acceptors (Lipinski definition) is 2. The molecule has 1 aromatic rings. The highest BCUT2D eigenvalue weighted by atomic mass is 16.5. The molecule has 1 saturated carbocycles. The molecule has 0 amide bonds. The Kier molecular flexibility index (Phi) is 6.25. The largest absolute Gasteiger partial charge is 0.380 e. The van der Waals surface area contributed by atoms with Crippen molar-refractivity contribution < 1.29 is 4.74 Å². The number of ether oxygens (including phenoxy) is 1. The Labute approximate surface area is 134 Å². The van der Waals surface area contributed by atoms with Crippen molar-refractivity contribution in [2.24, 2.45) is 4.99 Å². The smallest absolute Gasteiger partial charge is 0.191 e. The van der Waals surface area contributed by atoms with Crippen LogP contribution in [-0.4, -0.2) is 38.8 Å². The van der Waals surface area contributed by atoms with Gasteiger partial charge >= 0.3 is 0 Å². The SMILES string of the molecule is CCNC(=NCC1(c2ccccc2C)CC1)NCCOCC. The summed E-state index contributed by atoms with van der Waals surface area (Å²) in [6, 6.07) is 8.70. The number of aryl methyl sites for hydroxylation is 1. The van der Waals surface area contributed by atoms with Gasteiger partial charge < -0.3 is 15.4 Å². The summed E-state index contributed by atoms with van der Waals surface area (Å²) in [6.45, 7) is 10.3. The van der Waals surface area contributed by atoms with E-state index in [4.69, 9.17) is 9.73 Å². The van der Waals surface area contributed by atoms with Crippen molar-refractivity contribution in [3.63, 3.8) is 0 Å². The maximum absolute atomic E-state index is 5.36. The van der Waals surface area contributed by atoms with E-state index < -0.39 is 0 Å². The van der Waals surface area contributed by atoms with E-state index in [2.05, 4.69) is 48.7 Å². The van der Waals surface area contributed by atoms with E-state index in [-0.39, 0.29) is 5.41 Å². The minimum atomic E-state index is 0.258. The molecule has 1 aliphatic rings. The highest BCUT2D eigenvalue weighted by Crippen LogP contribution is 2.49. The first-order valence-corrected chi connectivity index (χ1v) is 8.38. The predicted octanol–water partition coefficient (Wildman–Crippen LogP) is 2.62. The lowest BCUT2D eigenvalue weighted by atomic mass is 9.92. The summed E-state index contributed by atoms with van der Waals surface area (Å²) in [7, 11) is 0. The van der Waals surface area contributed by atoms with E-state index in [1.165, 1.54) is 24.0 Å². The first-order chi connectivity index (χ1) is 10.7. The third-order valence-electron chi connectivity index (χ3n) is 4.20. The van der Waals surface area contributed by atoms with Gasteiger partial charge in [-0.25, -0.2) is 0 Å². The number of nitrogens with one attached hydrogen (secondary N) is 2. The van der Waals surface area contributed by atoms with Crippen LogP contribution in [0, 0.1) is 6.92 Å². The summed E-state index contributed by atoms with van der Waals surface area (Å²) < 4.78 is 5.36. The molecule has 22 heavy (non-hydrogen) atoms. The molecule has 4 nitrogen and oxygen atoms in total. The van der Waals surface area contributed by atoms with Gasteiger partial charge in [-0.2, -0.15) is 0 Å². The van der Waals surface area contributed by atoms with Crippen LogP contribution in [0.2, 0.25) is 0 Å². The zero-order valence-corrected chi connectivity index (χ0v) is 14.1. The van der Waals surface area contributed by atoms with Crippen molar-refractivity contribution in [3.8, 4) is 0 Å². The fraction of sp³-hybridized carbons (Fsp3) is 0.611. The van der Waals surface area contributed by atoms with E-state index in [1.807, 2.05) is 6.92 Å². The Morgan fingerprint density at radius 1 is 1.23 bits per heavy atom. The third-order valence-corrected chi connectivity index (χ3v) is 4.20. The monoisotopic (exact) mass is 303 g/mol. The molecule has 122 valence electrons. The summed E-state index contributed by atoms with van der Waals surface area (Å²) in [6.07, 6.45) is 2.47. The van der Waals surface area contributed by atoms with Crippen LogP contribution in [0.4, 0.5) is 0 Å². The van der Waals surface area contributed by atoms with Crippen LogP contribution in [0.3, 0.4) is 0 Å². The Hall–Kier alpha value is -1.55. The molecule has 0 atom stereocenters. The van der Waals surface area contributed by atoms with Gasteiger partial charge in [-0.1, -0.05) is 24.3 Å². The first kappa shape index (κ1) is 16.8. The van der Waals surface area contributed by atoms with Gasteiger partial charge in [0.15, 0.2) is 5.96 Å². The molecule has 0 heterocycles. The molecular weight excluding hydrogens is 274 g/mol. The number of guanidine groups is 1. The Bertz CT molecular complexity index is 495. The number of nitrogens with zero attached hydrogens (tertiary/aromatic N) is 1. The molecule has 1 fully saturated rings. The second kappa shape index (κ2) is 8.18. The lowest BCUT2D eigenvalue weighted by Crippen LogP contribution is -2.39. The number of rotatable bonds is 8. The second-order valence-corrected chi connectivity index (χ2v) is 5.91. The van der Waals surface area contributed by atoms with Gasteiger partial charge in [0.05, 0.1) is 13.2 Å². The van der Waals surface area contributed by atoms with Crippen LogP contribution in [0.15, 0.2) is 29.3 Å². The molecule has 0 radical (unpaired) electrons. The van der Waals surface area contributed by atoms with Gasteiger partial charge in [-0.15, -0.1) is 0 Å². The molecular formula is C18H29N3O. The molecule has 0 aliphatic heterocycles. The van der Waals surface area contributed by atoms with E-state index in [0.29, 0.717) is 6.61 Å². The zero-order valence-electron chi connectivity index (χ0n) is 14.1. The molecule has 0 saturated heterocycles. The summed E-state index contributed by atoms with van der Waals surface area (Å²) in [4.78, 5) is 4.80. The van der Waals surface area contributed by atoms with Crippen LogP contribution in [-0.2, 0) is 10.2 Å².